The van der Waals surface area contributed by atoms with E-state index in [1.807, 2.05) is 18.2 Å². The van der Waals surface area contributed by atoms with E-state index in [0.717, 1.165) is 16.8 Å². The second kappa shape index (κ2) is 7.82. The maximum atomic E-state index is 14.1. The van der Waals surface area contributed by atoms with E-state index < -0.39 is 0 Å². The molecular weight excluding hydrogens is 361 g/mol. The van der Waals surface area contributed by atoms with Crippen LogP contribution in [0.25, 0.3) is 5.69 Å². The fourth-order valence-corrected chi connectivity index (χ4v) is 3.36. The van der Waals surface area contributed by atoms with Crippen LogP contribution in [0.4, 0.5) is 10.1 Å². The standard InChI is InChI=1S/C21H20FN3O3/c1-27-8-9-28-15-6-7-16-17(11-21(26)24-19(16)10-15)14-12-23-25(13-14)20-5-3-2-4-18(20)22/h2-7,10,12-13,17H,8-9,11H2,1H3,(H,24,26). The van der Waals surface area contributed by atoms with E-state index in [1.165, 1.54) is 10.7 Å². The number of carbonyl (C=O) groups excluding carboxylic acids is 1. The minimum absolute atomic E-state index is 0.0785. The van der Waals surface area contributed by atoms with Gasteiger partial charge in [-0.2, -0.15) is 5.10 Å². The Morgan fingerprint density at radius 1 is 1.25 bits per heavy atom. The van der Waals surface area contributed by atoms with Crippen molar-refractivity contribution < 1.29 is 18.7 Å². The van der Waals surface area contributed by atoms with Crippen LogP contribution in [0.1, 0.15) is 23.5 Å². The highest BCUT2D eigenvalue weighted by Crippen LogP contribution is 2.38. The molecule has 144 valence electrons. The molecule has 1 aromatic heterocycles. The third-order valence-corrected chi connectivity index (χ3v) is 4.72. The van der Waals surface area contributed by atoms with Crippen LogP contribution < -0.4 is 10.1 Å². The molecule has 0 aliphatic carbocycles. The van der Waals surface area contributed by atoms with E-state index in [2.05, 4.69) is 10.4 Å². The minimum Gasteiger partial charge on any atom is -0.491 e. The Balaban J connectivity index is 1.63. The maximum Gasteiger partial charge on any atom is 0.225 e. The van der Waals surface area contributed by atoms with E-state index in [1.54, 1.807) is 37.7 Å². The molecule has 0 saturated carbocycles. The van der Waals surface area contributed by atoms with Crippen LogP contribution in [0.3, 0.4) is 0 Å². The Hall–Kier alpha value is -3.19. The molecule has 0 radical (unpaired) electrons. The largest absolute Gasteiger partial charge is 0.491 e. The van der Waals surface area contributed by atoms with Crippen LogP contribution in [0, 0.1) is 5.82 Å². The molecule has 1 atom stereocenters. The number of benzene rings is 2. The van der Waals surface area contributed by atoms with Crippen molar-refractivity contribution in [2.75, 3.05) is 25.6 Å². The SMILES string of the molecule is COCCOc1ccc2c(c1)NC(=O)CC2c1cnn(-c2ccccc2F)c1. The number of nitrogens with zero attached hydrogens (tertiary/aromatic N) is 2. The molecule has 6 nitrogen and oxygen atoms in total. The fraction of sp³-hybridized carbons (Fsp3) is 0.238. The number of hydrogen-bond acceptors (Lipinski definition) is 4. The quantitative estimate of drug-likeness (QED) is 0.664. The van der Waals surface area contributed by atoms with Crippen molar-refractivity contribution in [3.05, 3.63) is 71.8 Å². The lowest BCUT2D eigenvalue weighted by Gasteiger charge is -2.25. The Labute approximate surface area is 161 Å². The summed E-state index contributed by atoms with van der Waals surface area (Å²) in [6.45, 7) is 0.920. The average molecular weight is 381 g/mol. The van der Waals surface area contributed by atoms with Crippen LogP contribution in [-0.4, -0.2) is 36.0 Å². The highest BCUT2D eigenvalue weighted by molar-refractivity contribution is 5.95. The summed E-state index contributed by atoms with van der Waals surface area (Å²) in [5.74, 6) is 0.0815. The Morgan fingerprint density at radius 3 is 2.93 bits per heavy atom. The molecule has 0 saturated heterocycles. The number of para-hydroxylation sites is 1. The van der Waals surface area contributed by atoms with E-state index in [0.29, 0.717) is 31.1 Å². The summed E-state index contributed by atoms with van der Waals surface area (Å²) in [4.78, 5) is 12.3. The maximum absolute atomic E-state index is 14.1. The molecule has 1 aliphatic heterocycles. The lowest BCUT2D eigenvalue weighted by atomic mass is 9.86. The van der Waals surface area contributed by atoms with Crippen molar-refractivity contribution in [2.45, 2.75) is 12.3 Å². The summed E-state index contributed by atoms with van der Waals surface area (Å²) in [6.07, 6.45) is 3.76. The summed E-state index contributed by atoms with van der Waals surface area (Å²) in [6, 6.07) is 12.1. The highest BCUT2D eigenvalue weighted by Gasteiger charge is 2.28. The van der Waals surface area contributed by atoms with Crippen molar-refractivity contribution in [2.24, 2.45) is 0 Å². The van der Waals surface area contributed by atoms with Gasteiger partial charge < -0.3 is 14.8 Å². The highest BCUT2D eigenvalue weighted by atomic mass is 19.1. The number of hydrogen-bond donors (Lipinski definition) is 1. The van der Waals surface area contributed by atoms with Crippen molar-refractivity contribution in [3.8, 4) is 11.4 Å². The number of aromatic nitrogens is 2. The van der Waals surface area contributed by atoms with Gasteiger partial charge in [-0.05, 0) is 29.3 Å². The van der Waals surface area contributed by atoms with Crippen LogP contribution in [-0.2, 0) is 9.53 Å². The van der Waals surface area contributed by atoms with Gasteiger partial charge in [-0.1, -0.05) is 18.2 Å². The molecule has 1 unspecified atom stereocenters. The van der Waals surface area contributed by atoms with Gasteiger partial charge in [0.25, 0.3) is 0 Å². The van der Waals surface area contributed by atoms with Crippen molar-refractivity contribution in [1.82, 2.24) is 9.78 Å². The number of anilines is 1. The van der Waals surface area contributed by atoms with Gasteiger partial charge in [0.05, 0.1) is 12.8 Å². The number of nitrogens with one attached hydrogen (secondary N) is 1. The number of carbonyl (C=O) groups is 1. The number of ether oxygens (including phenoxy) is 2. The normalized spacial score (nSPS) is 15.8. The summed E-state index contributed by atoms with van der Waals surface area (Å²) >= 11 is 0. The van der Waals surface area contributed by atoms with E-state index in [-0.39, 0.29) is 17.6 Å². The number of halogens is 1. The van der Waals surface area contributed by atoms with E-state index >= 15 is 0 Å². The van der Waals surface area contributed by atoms with Crippen LogP contribution >= 0.6 is 0 Å². The first-order valence-electron chi connectivity index (χ1n) is 9.00. The number of fused-ring (bicyclic) bond motifs is 1. The summed E-state index contributed by atoms with van der Waals surface area (Å²) < 4.78 is 26.2. The molecule has 4 rings (SSSR count). The topological polar surface area (TPSA) is 65.4 Å². The summed E-state index contributed by atoms with van der Waals surface area (Å²) in [7, 11) is 1.61. The van der Waals surface area contributed by atoms with E-state index in [9.17, 15) is 9.18 Å². The predicted octanol–water partition coefficient (Wildman–Crippen LogP) is 3.51. The van der Waals surface area contributed by atoms with Crippen molar-refractivity contribution in [3.63, 3.8) is 0 Å². The molecule has 1 amide bonds. The number of amides is 1. The second-order valence-electron chi connectivity index (χ2n) is 6.56. The zero-order chi connectivity index (χ0) is 19.5. The summed E-state index contributed by atoms with van der Waals surface area (Å²) in [5, 5.41) is 7.19. The molecule has 1 N–H and O–H groups in total. The smallest absolute Gasteiger partial charge is 0.225 e. The molecule has 28 heavy (non-hydrogen) atoms. The Kier molecular flexibility index (Phi) is 5.08. The number of methoxy groups -OCH3 is 1. The third kappa shape index (κ3) is 3.61. The molecule has 2 heterocycles. The van der Waals surface area contributed by atoms with Crippen molar-refractivity contribution >= 4 is 11.6 Å². The molecule has 0 fully saturated rings. The van der Waals surface area contributed by atoms with Crippen LogP contribution in [0.15, 0.2) is 54.9 Å². The Morgan fingerprint density at radius 2 is 2.11 bits per heavy atom. The lowest BCUT2D eigenvalue weighted by Crippen LogP contribution is -2.23. The zero-order valence-electron chi connectivity index (χ0n) is 15.4. The van der Waals surface area contributed by atoms with Gasteiger partial charge in [0.1, 0.15) is 23.9 Å². The minimum atomic E-state index is -0.350. The third-order valence-electron chi connectivity index (χ3n) is 4.72. The number of rotatable bonds is 6. The fourth-order valence-electron chi connectivity index (χ4n) is 3.36. The summed E-state index contributed by atoms with van der Waals surface area (Å²) in [5.41, 5.74) is 2.92. The van der Waals surface area contributed by atoms with Gasteiger partial charge in [0.2, 0.25) is 5.91 Å². The van der Waals surface area contributed by atoms with Gasteiger partial charge in [0.15, 0.2) is 0 Å². The van der Waals surface area contributed by atoms with Gasteiger partial charge in [-0.25, -0.2) is 9.07 Å². The van der Waals surface area contributed by atoms with Gasteiger partial charge in [-0.15, -0.1) is 0 Å². The van der Waals surface area contributed by atoms with Crippen LogP contribution in [0.2, 0.25) is 0 Å². The predicted molar refractivity (Wildman–Crippen MR) is 102 cm³/mol. The molecule has 2 aromatic carbocycles. The molecular formula is C21H20FN3O3. The lowest BCUT2D eigenvalue weighted by molar-refractivity contribution is -0.116. The average Bonchev–Trinajstić information content (AvgIpc) is 3.17. The first-order chi connectivity index (χ1) is 13.7. The second-order valence-corrected chi connectivity index (χ2v) is 6.56. The molecule has 3 aromatic rings. The molecule has 7 heteroatoms. The molecule has 0 bridgehead atoms. The first-order valence-corrected chi connectivity index (χ1v) is 9.00. The van der Waals surface area contributed by atoms with Gasteiger partial charge in [0, 0.05) is 37.4 Å². The Bertz CT molecular complexity index is 1000. The van der Waals surface area contributed by atoms with E-state index in [4.69, 9.17) is 9.47 Å². The van der Waals surface area contributed by atoms with Crippen molar-refractivity contribution in [1.29, 1.82) is 0 Å². The van der Waals surface area contributed by atoms with Gasteiger partial charge in [-0.3, -0.25) is 4.79 Å². The van der Waals surface area contributed by atoms with Crippen LogP contribution in [0.5, 0.6) is 5.75 Å². The molecule has 1 aliphatic rings. The van der Waals surface area contributed by atoms with Gasteiger partial charge >= 0.3 is 0 Å². The zero-order valence-corrected chi connectivity index (χ0v) is 15.4. The monoisotopic (exact) mass is 381 g/mol. The molecule has 0 spiro atoms. The first kappa shape index (κ1) is 18.2.